The van der Waals surface area contributed by atoms with E-state index in [0.29, 0.717) is 32.2 Å². The molecule has 0 radical (unpaired) electrons. The minimum Gasteiger partial charge on any atom is -0.385 e. The second-order valence-electron chi connectivity index (χ2n) is 6.49. The van der Waals surface area contributed by atoms with E-state index in [2.05, 4.69) is 10.0 Å². The second-order valence-corrected chi connectivity index (χ2v) is 8.25. The molecule has 2 aliphatic rings. The number of nitrogens with zero attached hydrogens (tertiary/aromatic N) is 1. The van der Waals surface area contributed by atoms with Crippen LogP contribution in [-0.2, 0) is 14.9 Å². The van der Waals surface area contributed by atoms with Crippen molar-refractivity contribution >= 4 is 10.2 Å². The molecule has 6 nitrogen and oxygen atoms in total. The van der Waals surface area contributed by atoms with Crippen LogP contribution in [0, 0.1) is 11.3 Å². The van der Waals surface area contributed by atoms with Crippen molar-refractivity contribution < 1.29 is 13.2 Å². The maximum absolute atomic E-state index is 12.4. The second kappa shape index (κ2) is 7.37. The van der Waals surface area contributed by atoms with Crippen LogP contribution in [0.1, 0.15) is 32.1 Å². The molecule has 2 rings (SSSR count). The van der Waals surface area contributed by atoms with E-state index in [4.69, 9.17) is 4.74 Å². The van der Waals surface area contributed by atoms with Gasteiger partial charge in [-0.3, -0.25) is 0 Å². The lowest BCUT2D eigenvalue weighted by molar-refractivity contribution is 0.172. The van der Waals surface area contributed by atoms with Gasteiger partial charge < -0.3 is 10.1 Å². The molecule has 7 heteroatoms. The number of methoxy groups -OCH3 is 1. The Kier molecular flexibility index (Phi) is 6.02. The van der Waals surface area contributed by atoms with Crippen LogP contribution < -0.4 is 10.0 Å². The Morgan fingerprint density at radius 3 is 2.76 bits per heavy atom. The maximum atomic E-state index is 12.4. The molecule has 124 valence electrons. The molecule has 0 aromatic carbocycles. The van der Waals surface area contributed by atoms with Gasteiger partial charge in [-0.2, -0.15) is 12.7 Å². The predicted octanol–water partition coefficient (Wildman–Crippen LogP) is 0.569. The van der Waals surface area contributed by atoms with Gasteiger partial charge in [0.25, 0.3) is 10.2 Å². The first-order chi connectivity index (χ1) is 10.0. The van der Waals surface area contributed by atoms with Crippen molar-refractivity contribution in [3.8, 4) is 0 Å². The molecule has 0 aromatic rings. The average Bonchev–Trinajstić information content (AvgIpc) is 3.25. The van der Waals surface area contributed by atoms with Gasteiger partial charge in [0.2, 0.25) is 0 Å². The van der Waals surface area contributed by atoms with Crippen LogP contribution in [0.25, 0.3) is 0 Å². The van der Waals surface area contributed by atoms with E-state index in [9.17, 15) is 8.42 Å². The van der Waals surface area contributed by atoms with Crippen LogP contribution in [0.3, 0.4) is 0 Å². The summed E-state index contributed by atoms with van der Waals surface area (Å²) in [6.45, 7) is 3.40. The van der Waals surface area contributed by atoms with Crippen molar-refractivity contribution in [3.63, 3.8) is 0 Å². The van der Waals surface area contributed by atoms with Gasteiger partial charge in [-0.15, -0.1) is 0 Å². The van der Waals surface area contributed by atoms with Crippen LogP contribution in [0.4, 0.5) is 0 Å². The molecule has 1 aliphatic carbocycles. The number of rotatable bonds is 9. The molecule has 2 N–H and O–H groups in total. The fourth-order valence-electron chi connectivity index (χ4n) is 3.05. The first-order valence-electron chi connectivity index (χ1n) is 7.90. The van der Waals surface area contributed by atoms with Gasteiger partial charge in [0, 0.05) is 33.4 Å². The van der Waals surface area contributed by atoms with Crippen LogP contribution in [0.5, 0.6) is 0 Å². The van der Waals surface area contributed by atoms with Crippen molar-refractivity contribution in [3.05, 3.63) is 0 Å². The van der Waals surface area contributed by atoms with Gasteiger partial charge in [0.15, 0.2) is 0 Å². The fourth-order valence-corrected chi connectivity index (χ4v) is 4.49. The summed E-state index contributed by atoms with van der Waals surface area (Å²) in [4.78, 5) is 0. The monoisotopic (exact) mass is 319 g/mol. The molecule has 0 spiro atoms. The smallest absolute Gasteiger partial charge is 0.279 e. The Morgan fingerprint density at radius 2 is 2.14 bits per heavy atom. The van der Waals surface area contributed by atoms with Crippen molar-refractivity contribution in [2.45, 2.75) is 32.1 Å². The largest absolute Gasteiger partial charge is 0.385 e. The molecule has 1 atom stereocenters. The van der Waals surface area contributed by atoms with Gasteiger partial charge in [0.1, 0.15) is 0 Å². The molecular weight excluding hydrogens is 290 g/mol. The summed E-state index contributed by atoms with van der Waals surface area (Å²) in [6, 6.07) is 0. The molecule has 0 bridgehead atoms. The van der Waals surface area contributed by atoms with E-state index in [-0.39, 0.29) is 5.41 Å². The van der Waals surface area contributed by atoms with E-state index < -0.39 is 10.2 Å². The van der Waals surface area contributed by atoms with Crippen molar-refractivity contribution in [2.24, 2.45) is 11.3 Å². The number of nitrogens with one attached hydrogen (secondary N) is 2. The standard InChI is InChI=1S/C14H29N3O3S/c1-15-10-13-4-3-8-17(11-13)21(18,19)16-12-14(5-6-14)7-9-20-2/h13,15-16H,3-12H2,1-2H3. The first-order valence-corrected chi connectivity index (χ1v) is 9.34. The highest BCUT2D eigenvalue weighted by molar-refractivity contribution is 7.87. The molecule has 1 aliphatic heterocycles. The highest BCUT2D eigenvalue weighted by Gasteiger charge is 2.43. The summed E-state index contributed by atoms with van der Waals surface area (Å²) in [5.74, 6) is 0.420. The van der Waals surface area contributed by atoms with Crippen LogP contribution in [0.15, 0.2) is 0 Å². The van der Waals surface area contributed by atoms with Gasteiger partial charge >= 0.3 is 0 Å². The summed E-state index contributed by atoms with van der Waals surface area (Å²) in [7, 11) is 0.267. The minimum atomic E-state index is -3.34. The molecule has 1 saturated carbocycles. The SMILES string of the molecule is CNCC1CCCN(S(=O)(=O)NCC2(CCOC)CC2)C1. The van der Waals surface area contributed by atoms with E-state index >= 15 is 0 Å². The summed E-state index contributed by atoms with van der Waals surface area (Å²) in [6.07, 6.45) is 5.18. The quantitative estimate of drug-likeness (QED) is 0.652. The maximum Gasteiger partial charge on any atom is 0.279 e. The third-order valence-electron chi connectivity index (χ3n) is 4.74. The summed E-state index contributed by atoms with van der Waals surface area (Å²) in [5.41, 5.74) is 0.142. The first kappa shape index (κ1) is 17.1. The number of piperidine rings is 1. The van der Waals surface area contributed by atoms with E-state index in [1.165, 1.54) is 0 Å². The Morgan fingerprint density at radius 1 is 1.38 bits per heavy atom. The zero-order valence-electron chi connectivity index (χ0n) is 13.2. The van der Waals surface area contributed by atoms with Gasteiger partial charge in [-0.05, 0) is 57.0 Å². The van der Waals surface area contributed by atoms with Crippen molar-refractivity contribution in [1.29, 1.82) is 0 Å². The van der Waals surface area contributed by atoms with Crippen molar-refractivity contribution in [1.82, 2.24) is 14.3 Å². The molecule has 0 amide bonds. The molecule has 21 heavy (non-hydrogen) atoms. The molecule has 0 aromatic heterocycles. The van der Waals surface area contributed by atoms with Crippen LogP contribution >= 0.6 is 0 Å². The Bertz CT molecular complexity index is 421. The number of hydrogen-bond donors (Lipinski definition) is 2. The van der Waals surface area contributed by atoms with E-state index in [1.807, 2.05) is 7.05 Å². The fraction of sp³-hybridized carbons (Fsp3) is 1.00. The Labute approximate surface area is 128 Å². The lowest BCUT2D eigenvalue weighted by atomic mass is 10.00. The van der Waals surface area contributed by atoms with Crippen LogP contribution in [0.2, 0.25) is 0 Å². The van der Waals surface area contributed by atoms with E-state index in [0.717, 1.165) is 38.6 Å². The lowest BCUT2D eigenvalue weighted by Gasteiger charge is -2.32. The van der Waals surface area contributed by atoms with Crippen LogP contribution in [-0.4, -0.2) is 59.7 Å². The molecule has 2 fully saturated rings. The molecule has 1 saturated heterocycles. The van der Waals surface area contributed by atoms with Gasteiger partial charge in [-0.25, -0.2) is 4.72 Å². The van der Waals surface area contributed by atoms with Gasteiger partial charge in [0.05, 0.1) is 0 Å². The molecule has 1 heterocycles. The third kappa shape index (κ3) is 4.89. The molecular formula is C14H29N3O3S. The lowest BCUT2D eigenvalue weighted by Crippen LogP contribution is -2.48. The number of hydrogen-bond acceptors (Lipinski definition) is 4. The Hall–Kier alpha value is -0.210. The van der Waals surface area contributed by atoms with Gasteiger partial charge in [-0.1, -0.05) is 0 Å². The summed E-state index contributed by atoms with van der Waals surface area (Å²) < 4.78 is 34.4. The minimum absolute atomic E-state index is 0.142. The zero-order valence-corrected chi connectivity index (χ0v) is 14.0. The number of ether oxygens (including phenoxy) is 1. The average molecular weight is 319 g/mol. The topological polar surface area (TPSA) is 70.7 Å². The van der Waals surface area contributed by atoms with E-state index in [1.54, 1.807) is 11.4 Å². The summed E-state index contributed by atoms with van der Waals surface area (Å²) >= 11 is 0. The normalized spacial score (nSPS) is 25.9. The highest BCUT2D eigenvalue weighted by atomic mass is 32.2. The highest BCUT2D eigenvalue weighted by Crippen LogP contribution is 2.48. The third-order valence-corrected chi connectivity index (χ3v) is 6.26. The predicted molar refractivity (Wildman–Crippen MR) is 83.3 cm³/mol. The molecule has 1 unspecified atom stereocenters. The Balaban J connectivity index is 1.83. The van der Waals surface area contributed by atoms with Crippen molar-refractivity contribution in [2.75, 3.05) is 46.9 Å². The summed E-state index contributed by atoms with van der Waals surface area (Å²) in [5, 5.41) is 3.14. The zero-order chi connectivity index (χ0) is 15.3.